The quantitative estimate of drug-likeness (QED) is 0.242. The highest BCUT2D eigenvalue weighted by atomic mass is 16.4. The van der Waals surface area contributed by atoms with E-state index in [1.807, 2.05) is 18.5 Å². The molecule has 0 saturated carbocycles. The summed E-state index contributed by atoms with van der Waals surface area (Å²) in [6, 6.07) is 15.2. The second kappa shape index (κ2) is 10.5. The Balaban J connectivity index is 1.57. The second-order valence-corrected chi connectivity index (χ2v) is 11.2. The maximum atomic E-state index is 11.1. The Kier molecular flexibility index (Phi) is 7.15. The van der Waals surface area contributed by atoms with Crippen LogP contribution < -0.4 is 5.32 Å². The van der Waals surface area contributed by atoms with Crippen LogP contribution in [0.25, 0.3) is 21.8 Å². The van der Waals surface area contributed by atoms with E-state index >= 15 is 0 Å². The number of pyridine rings is 2. The van der Waals surface area contributed by atoms with Gasteiger partial charge in [0, 0.05) is 47.8 Å². The van der Waals surface area contributed by atoms with E-state index in [1.165, 1.54) is 22.0 Å². The number of nitrogens with one attached hydrogen (secondary N) is 2. The normalized spacial score (nSPS) is 16.7. The monoisotopic (exact) mass is 499 g/mol. The minimum Gasteiger partial charge on any atom is -0.465 e. The smallest absolute Gasteiger partial charge is 0.404 e. The largest absolute Gasteiger partial charge is 0.465 e. The maximum absolute atomic E-state index is 11.1. The third kappa shape index (κ3) is 5.32. The van der Waals surface area contributed by atoms with Gasteiger partial charge in [0.1, 0.15) is 0 Å². The van der Waals surface area contributed by atoms with Crippen molar-refractivity contribution in [1.29, 1.82) is 0 Å². The van der Waals surface area contributed by atoms with E-state index < -0.39 is 6.09 Å². The lowest BCUT2D eigenvalue weighted by atomic mass is 9.80. The number of aryl methyl sites for hydroxylation is 1. The number of fused-ring (bicyclic) bond motifs is 4. The molecular formula is C30H37N5O2. The molecule has 3 heterocycles. The fourth-order valence-electron chi connectivity index (χ4n) is 6.06. The van der Waals surface area contributed by atoms with Crippen LogP contribution in [0.1, 0.15) is 69.4 Å². The zero-order chi connectivity index (χ0) is 26.0. The number of para-hydroxylation sites is 1. The number of hydrogen-bond donors (Lipinski definition) is 3. The summed E-state index contributed by atoms with van der Waals surface area (Å²) in [6.07, 6.45) is 7.76. The first-order valence-corrected chi connectivity index (χ1v) is 13.3. The number of carbonyl (C=O) groups is 1. The lowest BCUT2D eigenvalue weighted by molar-refractivity contribution is 0.0325. The molecule has 0 aliphatic heterocycles. The summed E-state index contributed by atoms with van der Waals surface area (Å²) < 4.78 is 0. The van der Waals surface area contributed by atoms with E-state index in [0.29, 0.717) is 13.1 Å². The third-order valence-electron chi connectivity index (χ3n) is 7.74. The van der Waals surface area contributed by atoms with Crippen LogP contribution in [-0.4, -0.2) is 43.6 Å². The van der Waals surface area contributed by atoms with Gasteiger partial charge in [-0.25, -0.2) is 4.79 Å². The molecule has 7 heteroatoms. The number of aromatic nitrogens is 3. The maximum Gasteiger partial charge on any atom is 0.404 e. The molecule has 0 spiro atoms. The second-order valence-electron chi connectivity index (χ2n) is 11.2. The van der Waals surface area contributed by atoms with Gasteiger partial charge >= 0.3 is 6.09 Å². The van der Waals surface area contributed by atoms with Crippen molar-refractivity contribution in [2.24, 2.45) is 5.41 Å². The van der Waals surface area contributed by atoms with Gasteiger partial charge < -0.3 is 15.4 Å². The number of H-pyrrole nitrogens is 1. The lowest BCUT2D eigenvalue weighted by Crippen LogP contribution is -2.47. The van der Waals surface area contributed by atoms with Gasteiger partial charge in [-0.1, -0.05) is 45.0 Å². The van der Waals surface area contributed by atoms with Crippen molar-refractivity contribution in [3.8, 4) is 0 Å². The average Bonchev–Trinajstić information content (AvgIpc) is 3.26. The van der Waals surface area contributed by atoms with E-state index in [2.05, 4.69) is 72.4 Å². The number of carboxylic acid groups (broad SMARTS) is 1. The predicted molar refractivity (Wildman–Crippen MR) is 148 cm³/mol. The number of nitrogens with zero attached hydrogens (tertiary/aromatic N) is 3. The Morgan fingerprint density at radius 2 is 1.97 bits per heavy atom. The zero-order valence-corrected chi connectivity index (χ0v) is 22.0. The molecule has 5 rings (SSSR count). The van der Waals surface area contributed by atoms with Gasteiger partial charge in [0.2, 0.25) is 0 Å². The van der Waals surface area contributed by atoms with Crippen LogP contribution in [0.3, 0.4) is 0 Å². The van der Waals surface area contributed by atoms with Crippen molar-refractivity contribution in [2.75, 3.05) is 6.54 Å². The minimum atomic E-state index is -0.968. The topological polar surface area (TPSA) is 94.1 Å². The van der Waals surface area contributed by atoms with Crippen LogP contribution in [-0.2, 0) is 13.0 Å². The van der Waals surface area contributed by atoms with Crippen molar-refractivity contribution in [3.63, 3.8) is 0 Å². The highest BCUT2D eigenvalue weighted by Gasteiger charge is 2.37. The molecule has 2 atom stereocenters. The zero-order valence-electron chi connectivity index (χ0n) is 22.0. The molecule has 1 amide bonds. The molecule has 37 heavy (non-hydrogen) atoms. The Labute approximate surface area is 218 Å². The minimum absolute atomic E-state index is 0.0238. The summed E-state index contributed by atoms with van der Waals surface area (Å²) in [5.41, 5.74) is 5.73. The van der Waals surface area contributed by atoms with Gasteiger partial charge in [-0.2, -0.15) is 0 Å². The molecule has 1 aliphatic carbocycles. The Morgan fingerprint density at radius 3 is 2.78 bits per heavy atom. The summed E-state index contributed by atoms with van der Waals surface area (Å²) in [5, 5.41) is 14.0. The summed E-state index contributed by atoms with van der Waals surface area (Å²) in [7, 11) is 0. The van der Waals surface area contributed by atoms with Gasteiger partial charge in [0.15, 0.2) is 0 Å². The first-order valence-electron chi connectivity index (χ1n) is 13.3. The molecule has 194 valence electrons. The van der Waals surface area contributed by atoms with E-state index in [-0.39, 0.29) is 17.5 Å². The van der Waals surface area contributed by atoms with Crippen molar-refractivity contribution >= 4 is 27.9 Å². The summed E-state index contributed by atoms with van der Waals surface area (Å²) in [6.45, 7) is 8.00. The number of hydrogen-bond acceptors (Lipinski definition) is 4. The standard InChI is InChI=1S/C30H37N5O2/c1-30(2,3)26(14-8-17-33-29(36)37)35(25-13-6-9-20-10-7-16-32-27(20)25)19-24-28-22(15-18-31-24)21-11-4-5-12-23(21)34-28/h4-5,7,10-12,15-16,18,25-26,33-34H,6,8-9,13-14,17,19H2,1-3H3,(H,36,37). The Morgan fingerprint density at radius 1 is 1.14 bits per heavy atom. The van der Waals surface area contributed by atoms with Gasteiger partial charge in [0.05, 0.1) is 22.9 Å². The van der Waals surface area contributed by atoms with E-state index in [9.17, 15) is 4.79 Å². The fraction of sp³-hybridized carbons (Fsp3) is 0.433. The predicted octanol–water partition coefficient (Wildman–Crippen LogP) is 6.45. The molecule has 3 N–H and O–H groups in total. The molecule has 0 fully saturated rings. The van der Waals surface area contributed by atoms with Crippen molar-refractivity contribution < 1.29 is 9.90 Å². The molecule has 3 aromatic heterocycles. The Hall–Kier alpha value is -3.45. The molecule has 4 aromatic rings. The van der Waals surface area contributed by atoms with Crippen molar-refractivity contribution in [3.05, 3.63) is 71.8 Å². The molecule has 2 unspecified atom stereocenters. The number of aromatic amines is 1. The van der Waals surface area contributed by atoms with Crippen LogP contribution in [0, 0.1) is 5.41 Å². The van der Waals surface area contributed by atoms with Gasteiger partial charge in [-0.15, -0.1) is 0 Å². The van der Waals surface area contributed by atoms with Crippen LogP contribution in [0.4, 0.5) is 4.79 Å². The van der Waals surface area contributed by atoms with Crippen LogP contribution in [0.2, 0.25) is 0 Å². The number of benzene rings is 1. The van der Waals surface area contributed by atoms with Crippen LogP contribution in [0.5, 0.6) is 0 Å². The van der Waals surface area contributed by atoms with Crippen molar-refractivity contribution in [2.45, 2.75) is 71.5 Å². The van der Waals surface area contributed by atoms with Gasteiger partial charge in [-0.3, -0.25) is 14.9 Å². The molecule has 1 aromatic carbocycles. The molecule has 7 nitrogen and oxygen atoms in total. The van der Waals surface area contributed by atoms with Crippen LogP contribution in [0.15, 0.2) is 54.9 Å². The van der Waals surface area contributed by atoms with E-state index in [4.69, 9.17) is 15.1 Å². The summed E-state index contributed by atoms with van der Waals surface area (Å²) in [5.74, 6) is 0. The molecular weight excluding hydrogens is 462 g/mol. The number of rotatable bonds is 8. The first-order chi connectivity index (χ1) is 17.8. The summed E-state index contributed by atoms with van der Waals surface area (Å²) >= 11 is 0. The molecule has 0 saturated heterocycles. The summed E-state index contributed by atoms with van der Waals surface area (Å²) in [4.78, 5) is 27.1. The first kappa shape index (κ1) is 25.2. The van der Waals surface area contributed by atoms with E-state index in [1.54, 1.807) is 0 Å². The molecule has 1 aliphatic rings. The third-order valence-corrected chi connectivity index (χ3v) is 7.74. The fourth-order valence-corrected chi connectivity index (χ4v) is 6.06. The Bertz CT molecular complexity index is 1390. The molecule has 0 radical (unpaired) electrons. The number of amides is 1. The molecule has 0 bridgehead atoms. The highest BCUT2D eigenvalue weighted by molar-refractivity contribution is 6.07. The van der Waals surface area contributed by atoms with Crippen LogP contribution >= 0.6 is 0 Å². The SMILES string of the molecule is CC(C)(C)C(CCCNC(=O)O)N(Cc1nccc2c1[nH]c1ccccc12)C1CCCc2cccnc21. The van der Waals surface area contributed by atoms with Gasteiger partial charge in [0.25, 0.3) is 0 Å². The van der Waals surface area contributed by atoms with Crippen molar-refractivity contribution in [1.82, 2.24) is 25.2 Å². The average molecular weight is 500 g/mol. The lowest BCUT2D eigenvalue weighted by Gasteiger charge is -2.46. The highest BCUT2D eigenvalue weighted by Crippen LogP contribution is 2.41. The van der Waals surface area contributed by atoms with Gasteiger partial charge in [-0.05, 0) is 61.3 Å². The van der Waals surface area contributed by atoms with E-state index in [0.717, 1.165) is 48.8 Å².